The van der Waals surface area contributed by atoms with Crippen molar-refractivity contribution < 1.29 is 19.8 Å². The normalized spacial score (nSPS) is 27.2. The molecule has 7 nitrogen and oxygen atoms in total. The standard InChI is InChI=1S/C21H33N3O4/c1-5-9-21(28)15(4)23-11-10-20(21,13-18(26)24-19(27)22-6-2)17-12-16(25)8-7-14(17)3/h7-8,12,15,23,25,28H,5-6,9-11,13H2,1-4H3,(H2,22,24,26,27). The van der Waals surface area contributed by atoms with Crippen molar-refractivity contribution in [3.8, 4) is 5.75 Å². The maximum atomic E-state index is 12.8. The van der Waals surface area contributed by atoms with Gasteiger partial charge in [0.15, 0.2) is 0 Å². The van der Waals surface area contributed by atoms with Crippen LogP contribution in [-0.4, -0.2) is 46.9 Å². The van der Waals surface area contributed by atoms with E-state index in [0.29, 0.717) is 25.9 Å². The van der Waals surface area contributed by atoms with Crippen LogP contribution in [0.5, 0.6) is 5.75 Å². The number of aliphatic hydroxyl groups is 1. The quantitative estimate of drug-likeness (QED) is 0.510. The summed E-state index contributed by atoms with van der Waals surface area (Å²) in [6.07, 6.45) is 1.70. The topological polar surface area (TPSA) is 111 Å². The summed E-state index contributed by atoms with van der Waals surface area (Å²) >= 11 is 0. The molecule has 156 valence electrons. The molecule has 3 atom stereocenters. The molecule has 28 heavy (non-hydrogen) atoms. The van der Waals surface area contributed by atoms with Gasteiger partial charge >= 0.3 is 6.03 Å². The van der Waals surface area contributed by atoms with E-state index in [1.165, 1.54) is 0 Å². The van der Waals surface area contributed by atoms with Gasteiger partial charge in [0.2, 0.25) is 5.91 Å². The summed E-state index contributed by atoms with van der Waals surface area (Å²) in [5.74, 6) is -0.355. The molecule has 1 heterocycles. The number of phenolic OH excluding ortho intramolecular Hbond substituents is 1. The summed E-state index contributed by atoms with van der Waals surface area (Å²) in [4.78, 5) is 24.7. The van der Waals surface area contributed by atoms with Crippen molar-refractivity contribution in [1.82, 2.24) is 16.0 Å². The number of urea groups is 1. The number of amides is 3. The Hall–Kier alpha value is -2.12. The number of hydrogen-bond acceptors (Lipinski definition) is 5. The zero-order valence-corrected chi connectivity index (χ0v) is 17.3. The zero-order chi connectivity index (χ0) is 20.9. The molecule has 1 aromatic rings. The van der Waals surface area contributed by atoms with E-state index in [0.717, 1.165) is 17.5 Å². The van der Waals surface area contributed by atoms with Crippen LogP contribution in [0.4, 0.5) is 4.79 Å². The average molecular weight is 392 g/mol. The molecule has 0 spiro atoms. The first kappa shape index (κ1) is 22.2. The largest absolute Gasteiger partial charge is 0.508 e. The third-order valence-electron chi connectivity index (χ3n) is 5.97. The van der Waals surface area contributed by atoms with Gasteiger partial charge in [-0.05, 0) is 63.4 Å². The van der Waals surface area contributed by atoms with Crippen molar-refractivity contribution in [3.05, 3.63) is 29.3 Å². The van der Waals surface area contributed by atoms with Crippen molar-refractivity contribution in [2.75, 3.05) is 13.1 Å². The first-order chi connectivity index (χ1) is 13.2. The summed E-state index contributed by atoms with van der Waals surface area (Å²) in [5, 5.41) is 30.3. The van der Waals surface area contributed by atoms with E-state index in [4.69, 9.17) is 0 Å². The van der Waals surface area contributed by atoms with Gasteiger partial charge in [-0.2, -0.15) is 0 Å². The van der Waals surface area contributed by atoms with E-state index in [-0.39, 0.29) is 18.2 Å². The molecule has 3 unspecified atom stereocenters. The van der Waals surface area contributed by atoms with Crippen LogP contribution in [0.3, 0.4) is 0 Å². The van der Waals surface area contributed by atoms with Crippen LogP contribution in [0, 0.1) is 6.92 Å². The number of nitrogens with one attached hydrogen (secondary N) is 3. The predicted molar refractivity (Wildman–Crippen MR) is 108 cm³/mol. The highest BCUT2D eigenvalue weighted by Crippen LogP contribution is 2.49. The molecule has 0 aliphatic carbocycles. The third-order valence-corrected chi connectivity index (χ3v) is 5.97. The molecular weight excluding hydrogens is 358 g/mol. The average Bonchev–Trinajstić information content (AvgIpc) is 2.61. The highest BCUT2D eigenvalue weighted by Gasteiger charge is 2.57. The second kappa shape index (κ2) is 8.92. The Labute approximate surface area is 166 Å². The summed E-state index contributed by atoms with van der Waals surface area (Å²) in [6, 6.07) is 4.25. The first-order valence-corrected chi connectivity index (χ1v) is 10.0. The lowest BCUT2D eigenvalue weighted by molar-refractivity contribution is -0.132. The smallest absolute Gasteiger partial charge is 0.321 e. The van der Waals surface area contributed by atoms with Gasteiger partial charge in [-0.3, -0.25) is 10.1 Å². The van der Waals surface area contributed by atoms with E-state index in [1.54, 1.807) is 25.1 Å². The number of aryl methyl sites for hydroxylation is 1. The molecule has 1 aliphatic heterocycles. The van der Waals surface area contributed by atoms with Gasteiger partial charge in [0.05, 0.1) is 5.60 Å². The second-order valence-electron chi connectivity index (χ2n) is 7.77. The van der Waals surface area contributed by atoms with Gasteiger partial charge in [0.25, 0.3) is 0 Å². The molecule has 1 aromatic carbocycles. The number of carbonyl (C=O) groups is 2. The number of imide groups is 1. The molecule has 0 bridgehead atoms. The van der Waals surface area contributed by atoms with E-state index in [1.807, 2.05) is 20.8 Å². The van der Waals surface area contributed by atoms with Crippen molar-refractivity contribution in [2.24, 2.45) is 0 Å². The Bertz CT molecular complexity index is 724. The number of phenols is 1. The number of aromatic hydroxyl groups is 1. The van der Waals surface area contributed by atoms with Crippen LogP contribution in [0.15, 0.2) is 18.2 Å². The zero-order valence-electron chi connectivity index (χ0n) is 17.3. The van der Waals surface area contributed by atoms with Gasteiger partial charge < -0.3 is 20.8 Å². The maximum Gasteiger partial charge on any atom is 0.321 e. The van der Waals surface area contributed by atoms with Gasteiger partial charge in [0.1, 0.15) is 5.75 Å². The van der Waals surface area contributed by atoms with Crippen molar-refractivity contribution in [2.45, 2.75) is 70.4 Å². The highest BCUT2D eigenvalue weighted by molar-refractivity contribution is 5.95. The number of carbonyl (C=O) groups excluding carboxylic acids is 2. The molecule has 5 N–H and O–H groups in total. The Morgan fingerprint density at radius 1 is 1.32 bits per heavy atom. The Kier molecular flexibility index (Phi) is 7.06. The molecule has 0 aromatic heterocycles. The lowest BCUT2D eigenvalue weighted by Gasteiger charge is -2.55. The molecular formula is C21H33N3O4. The van der Waals surface area contributed by atoms with Gasteiger partial charge in [0, 0.05) is 24.4 Å². The summed E-state index contributed by atoms with van der Waals surface area (Å²) in [5.41, 5.74) is -0.486. The lowest BCUT2D eigenvalue weighted by Crippen LogP contribution is -2.68. The Morgan fingerprint density at radius 3 is 2.68 bits per heavy atom. The minimum atomic E-state index is -1.21. The van der Waals surface area contributed by atoms with Crippen molar-refractivity contribution in [3.63, 3.8) is 0 Å². The molecule has 0 radical (unpaired) electrons. The van der Waals surface area contributed by atoms with E-state index in [9.17, 15) is 19.8 Å². The fourth-order valence-corrected chi connectivity index (χ4v) is 4.62. The summed E-state index contributed by atoms with van der Waals surface area (Å²) in [6.45, 7) is 8.64. The predicted octanol–water partition coefficient (Wildman–Crippen LogP) is 2.09. The fraction of sp³-hybridized carbons (Fsp3) is 0.619. The number of benzene rings is 1. The van der Waals surface area contributed by atoms with Crippen LogP contribution in [-0.2, 0) is 10.2 Å². The van der Waals surface area contributed by atoms with E-state index in [2.05, 4.69) is 16.0 Å². The van der Waals surface area contributed by atoms with Gasteiger partial charge in [-0.1, -0.05) is 19.4 Å². The first-order valence-electron chi connectivity index (χ1n) is 10.0. The fourth-order valence-electron chi connectivity index (χ4n) is 4.62. The third kappa shape index (κ3) is 4.15. The van der Waals surface area contributed by atoms with Crippen LogP contribution in [0.2, 0.25) is 0 Å². The van der Waals surface area contributed by atoms with Crippen LogP contribution >= 0.6 is 0 Å². The highest BCUT2D eigenvalue weighted by atomic mass is 16.3. The number of rotatable bonds is 6. The molecule has 1 saturated heterocycles. The van der Waals surface area contributed by atoms with Gasteiger partial charge in [-0.25, -0.2) is 4.79 Å². The summed E-state index contributed by atoms with van der Waals surface area (Å²) in [7, 11) is 0. The second-order valence-corrected chi connectivity index (χ2v) is 7.77. The van der Waals surface area contributed by atoms with Crippen LogP contribution in [0.25, 0.3) is 0 Å². The summed E-state index contributed by atoms with van der Waals surface area (Å²) < 4.78 is 0. The lowest BCUT2D eigenvalue weighted by atomic mass is 9.56. The molecule has 0 saturated carbocycles. The Morgan fingerprint density at radius 2 is 2.04 bits per heavy atom. The molecule has 1 fully saturated rings. The van der Waals surface area contributed by atoms with Crippen LogP contribution < -0.4 is 16.0 Å². The molecule has 3 amide bonds. The van der Waals surface area contributed by atoms with Gasteiger partial charge in [-0.15, -0.1) is 0 Å². The minimum Gasteiger partial charge on any atom is -0.508 e. The minimum absolute atomic E-state index is 0.0447. The molecule has 7 heteroatoms. The Balaban J connectivity index is 2.56. The maximum absolute atomic E-state index is 12.8. The van der Waals surface area contributed by atoms with Crippen molar-refractivity contribution in [1.29, 1.82) is 0 Å². The monoisotopic (exact) mass is 391 g/mol. The number of piperidine rings is 1. The molecule has 1 aliphatic rings. The van der Waals surface area contributed by atoms with Crippen LogP contribution in [0.1, 0.15) is 57.6 Å². The van der Waals surface area contributed by atoms with E-state index < -0.39 is 23.0 Å². The number of hydrogen-bond donors (Lipinski definition) is 5. The molecule has 2 rings (SSSR count). The SMILES string of the molecule is CCCC1(O)C(C)NCCC1(CC(=O)NC(=O)NCC)c1cc(O)ccc1C. The van der Waals surface area contributed by atoms with E-state index >= 15 is 0 Å². The van der Waals surface area contributed by atoms with Crippen molar-refractivity contribution >= 4 is 11.9 Å².